The van der Waals surface area contributed by atoms with E-state index in [1.807, 2.05) is 17.5 Å². The molecular weight excluding hydrogens is 467 g/mol. The second-order valence-electron chi connectivity index (χ2n) is 8.54. The average molecular weight is 497 g/mol. The molecule has 3 aromatic rings. The van der Waals surface area contributed by atoms with Gasteiger partial charge in [0.2, 0.25) is 5.91 Å². The Bertz CT molecular complexity index is 1140. The first kappa shape index (κ1) is 24.7. The molecule has 1 saturated carbocycles. The van der Waals surface area contributed by atoms with Gasteiger partial charge in [0, 0.05) is 23.0 Å². The molecule has 184 valence electrons. The monoisotopic (exact) mass is 496 g/mol. The van der Waals surface area contributed by atoms with Crippen molar-refractivity contribution in [2.75, 3.05) is 14.2 Å². The molecule has 2 amide bonds. The molecule has 1 fully saturated rings. The van der Waals surface area contributed by atoms with Gasteiger partial charge in [0.1, 0.15) is 11.9 Å². The summed E-state index contributed by atoms with van der Waals surface area (Å²) in [6.07, 6.45) is 4.03. The van der Waals surface area contributed by atoms with Gasteiger partial charge < -0.3 is 19.7 Å². The Morgan fingerprint density at radius 1 is 1.06 bits per heavy atom. The van der Waals surface area contributed by atoms with Crippen LogP contribution in [0.15, 0.2) is 60.0 Å². The van der Waals surface area contributed by atoms with Gasteiger partial charge in [-0.25, -0.2) is 4.39 Å². The van der Waals surface area contributed by atoms with Crippen molar-refractivity contribution < 1.29 is 23.5 Å². The largest absolute Gasteiger partial charge is 0.493 e. The minimum absolute atomic E-state index is 0.105. The van der Waals surface area contributed by atoms with Gasteiger partial charge in [-0.05, 0) is 60.2 Å². The number of amides is 2. The van der Waals surface area contributed by atoms with Crippen LogP contribution in [0.4, 0.5) is 4.39 Å². The number of carbonyl (C=O) groups excluding carboxylic acids is 2. The summed E-state index contributed by atoms with van der Waals surface area (Å²) >= 11 is 1.43. The number of halogens is 1. The number of hydrogen-bond acceptors (Lipinski definition) is 5. The van der Waals surface area contributed by atoms with E-state index in [1.165, 1.54) is 37.7 Å². The molecule has 1 atom stereocenters. The van der Waals surface area contributed by atoms with Crippen molar-refractivity contribution in [2.45, 2.75) is 44.3 Å². The van der Waals surface area contributed by atoms with Crippen molar-refractivity contribution in [1.82, 2.24) is 10.2 Å². The molecule has 1 aliphatic rings. The molecule has 0 aliphatic heterocycles. The van der Waals surface area contributed by atoms with Gasteiger partial charge in [0.05, 0.1) is 14.2 Å². The third-order valence-corrected chi connectivity index (χ3v) is 7.16. The van der Waals surface area contributed by atoms with Crippen molar-refractivity contribution in [1.29, 1.82) is 0 Å². The van der Waals surface area contributed by atoms with Crippen molar-refractivity contribution in [2.24, 2.45) is 0 Å². The number of rotatable bonds is 9. The van der Waals surface area contributed by atoms with Gasteiger partial charge in [0.25, 0.3) is 5.91 Å². The van der Waals surface area contributed by atoms with Crippen LogP contribution in [0.1, 0.15) is 52.5 Å². The molecule has 0 unspecified atom stereocenters. The number of nitrogens with one attached hydrogen (secondary N) is 1. The van der Waals surface area contributed by atoms with Crippen LogP contribution in [0.5, 0.6) is 11.5 Å². The normalized spacial score (nSPS) is 14.4. The van der Waals surface area contributed by atoms with Crippen molar-refractivity contribution in [3.05, 3.63) is 81.8 Å². The first-order valence-corrected chi connectivity index (χ1v) is 12.5. The third kappa shape index (κ3) is 5.82. The van der Waals surface area contributed by atoms with Gasteiger partial charge in [-0.15, -0.1) is 11.3 Å². The summed E-state index contributed by atoms with van der Waals surface area (Å²) in [6, 6.07) is 13.9. The van der Waals surface area contributed by atoms with E-state index < -0.39 is 6.04 Å². The lowest BCUT2D eigenvalue weighted by atomic mass is 10.1. The summed E-state index contributed by atoms with van der Waals surface area (Å²) in [5.41, 5.74) is 1.08. The van der Waals surface area contributed by atoms with Crippen molar-refractivity contribution in [3.8, 4) is 11.5 Å². The summed E-state index contributed by atoms with van der Waals surface area (Å²) in [6.45, 7) is 0.133. The van der Waals surface area contributed by atoms with E-state index in [1.54, 1.807) is 35.2 Å². The lowest BCUT2D eigenvalue weighted by molar-refractivity contribution is -0.126. The zero-order valence-corrected chi connectivity index (χ0v) is 20.6. The van der Waals surface area contributed by atoms with E-state index in [0.29, 0.717) is 17.1 Å². The molecule has 1 heterocycles. The highest BCUT2D eigenvalue weighted by atomic mass is 32.1. The summed E-state index contributed by atoms with van der Waals surface area (Å²) in [7, 11) is 3.03. The fourth-order valence-electron chi connectivity index (χ4n) is 4.42. The third-order valence-electron chi connectivity index (χ3n) is 6.23. The highest BCUT2D eigenvalue weighted by Crippen LogP contribution is 2.33. The van der Waals surface area contributed by atoms with Crippen LogP contribution in [0, 0.1) is 5.82 Å². The number of nitrogens with zero attached hydrogens (tertiary/aromatic N) is 1. The Balaban J connectivity index is 1.74. The lowest BCUT2D eigenvalue weighted by Crippen LogP contribution is -2.45. The van der Waals surface area contributed by atoms with E-state index in [9.17, 15) is 14.0 Å². The number of methoxy groups -OCH3 is 2. The summed E-state index contributed by atoms with van der Waals surface area (Å²) in [4.78, 5) is 29.9. The Morgan fingerprint density at radius 2 is 1.77 bits per heavy atom. The number of ether oxygens (including phenoxy) is 2. The maximum absolute atomic E-state index is 13.9. The maximum Gasteiger partial charge on any atom is 0.255 e. The molecule has 1 aromatic heterocycles. The van der Waals surface area contributed by atoms with Crippen LogP contribution in [-0.4, -0.2) is 37.0 Å². The predicted molar refractivity (Wildman–Crippen MR) is 133 cm³/mol. The number of hydrogen-bond donors (Lipinski definition) is 1. The van der Waals surface area contributed by atoms with Crippen LogP contribution in [-0.2, 0) is 11.3 Å². The fraction of sp³-hybridized carbons (Fsp3) is 0.333. The second kappa shape index (κ2) is 11.4. The van der Waals surface area contributed by atoms with E-state index in [0.717, 1.165) is 36.1 Å². The van der Waals surface area contributed by atoms with Crippen LogP contribution in [0.25, 0.3) is 0 Å². The van der Waals surface area contributed by atoms with Crippen molar-refractivity contribution in [3.63, 3.8) is 0 Å². The lowest BCUT2D eigenvalue weighted by Gasteiger charge is -2.32. The van der Waals surface area contributed by atoms with E-state index >= 15 is 0 Å². The molecule has 35 heavy (non-hydrogen) atoms. The van der Waals surface area contributed by atoms with Crippen LogP contribution in [0.2, 0.25) is 0 Å². The van der Waals surface area contributed by atoms with E-state index in [4.69, 9.17) is 9.47 Å². The highest BCUT2D eigenvalue weighted by molar-refractivity contribution is 7.10. The Labute approximate surface area is 208 Å². The molecule has 8 heteroatoms. The second-order valence-corrected chi connectivity index (χ2v) is 9.52. The van der Waals surface area contributed by atoms with Gasteiger partial charge in [-0.3, -0.25) is 9.59 Å². The zero-order chi connectivity index (χ0) is 24.8. The summed E-state index contributed by atoms with van der Waals surface area (Å²) < 4.78 is 24.3. The summed E-state index contributed by atoms with van der Waals surface area (Å²) in [5.74, 6) is 0.0110. The minimum Gasteiger partial charge on any atom is -0.493 e. The molecule has 6 nitrogen and oxygen atoms in total. The number of thiophene rings is 1. The number of carbonyl (C=O) groups is 2. The van der Waals surface area contributed by atoms with Gasteiger partial charge in [-0.1, -0.05) is 31.0 Å². The Kier molecular flexibility index (Phi) is 8.02. The quantitative estimate of drug-likeness (QED) is 0.434. The minimum atomic E-state index is -0.832. The first-order chi connectivity index (χ1) is 17.0. The molecule has 0 spiro atoms. The number of benzene rings is 2. The van der Waals surface area contributed by atoms with E-state index in [-0.39, 0.29) is 30.2 Å². The fourth-order valence-corrected chi connectivity index (χ4v) is 5.26. The maximum atomic E-state index is 13.9. The Hall–Kier alpha value is -3.39. The van der Waals surface area contributed by atoms with Crippen molar-refractivity contribution >= 4 is 23.2 Å². The van der Waals surface area contributed by atoms with E-state index in [2.05, 4.69) is 5.32 Å². The molecule has 0 bridgehead atoms. The van der Waals surface area contributed by atoms with Gasteiger partial charge in [-0.2, -0.15) is 0 Å². The zero-order valence-electron chi connectivity index (χ0n) is 19.8. The standard InChI is InChI=1S/C27H29FN2O4S/c1-33-22-14-11-19(16-23(22)34-2)27(32)30(17-18-9-12-20(28)13-10-18)25(24-8-5-15-35-24)26(31)29-21-6-3-4-7-21/h5,8-16,21,25H,3-4,6-7,17H2,1-2H3,(H,29,31)/t25-/m0/s1. The molecule has 1 N–H and O–H groups in total. The van der Waals surface area contributed by atoms with Gasteiger partial charge >= 0.3 is 0 Å². The molecule has 0 saturated heterocycles. The van der Waals surface area contributed by atoms with Gasteiger partial charge in [0.15, 0.2) is 11.5 Å². The average Bonchev–Trinajstić information content (AvgIpc) is 3.59. The Morgan fingerprint density at radius 3 is 2.40 bits per heavy atom. The van der Waals surface area contributed by atoms with Crippen LogP contribution >= 0.6 is 11.3 Å². The highest BCUT2D eigenvalue weighted by Gasteiger charge is 2.34. The molecule has 4 rings (SSSR count). The predicted octanol–water partition coefficient (Wildman–Crippen LogP) is 5.35. The molecule has 1 aliphatic carbocycles. The first-order valence-electron chi connectivity index (χ1n) is 11.6. The molecule has 0 radical (unpaired) electrons. The molecule has 2 aromatic carbocycles. The summed E-state index contributed by atoms with van der Waals surface area (Å²) in [5, 5.41) is 5.05. The van der Waals surface area contributed by atoms with Crippen LogP contribution < -0.4 is 14.8 Å². The topological polar surface area (TPSA) is 67.9 Å². The molecular formula is C27H29FN2O4S. The van der Waals surface area contributed by atoms with Crippen LogP contribution in [0.3, 0.4) is 0 Å². The SMILES string of the molecule is COc1ccc(C(=O)N(Cc2ccc(F)cc2)[C@H](C(=O)NC2CCCC2)c2cccs2)cc1OC. The smallest absolute Gasteiger partial charge is 0.255 e.